The van der Waals surface area contributed by atoms with Gasteiger partial charge in [-0.15, -0.1) is 11.3 Å². The van der Waals surface area contributed by atoms with E-state index in [1.807, 2.05) is 24.3 Å². The molecule has 1 aromatic heterocycles. The molecule has 0 atom stereocenters. The van der Waals surface area contributed by atoms with Crippen molar-refractivity contribution in [3.05, 3.63) is 40.4 Å². The second-order valence-corrected chi connectivity index (χ2v) is 5.01. The highest BCUT2D eigenvalue weighted by molar-refractivity contribution is 7.15. The first kappa shape index (κ1) is 11.3. The van der Waals surface area contributed by atoms with Crippen molar-refractivity contribution in [1.82, 2.24) is 4.98 Å². The number of benzene rings is 1. The number of aromatic nitrogens is 1. The summed E-state index contributed by atoms with van der Waals surface area (Å²) in [5, 5.41) is 1.55. The molecule has 1 heterocycles. The highest BCUT2D eigenvalue weighted by atomic mass is 35.5. The monoisotopic (exact) mass is 251 g/mol. The van der Waals surface area contributed by atoms with E-state index in [2.05, 4.69) is 4.98 Å². The zero-order valence-electron chi connectivity index (χ0n) is 8.74. The molecule has 0 aliphatic carbocycles. The molecule has 0 unspecified atom stereocenters. The number of halogens is 1. The topological polar surface area (TPSA) is 30.0 Å². The minimum atomic E-state index is 0.148. The molecule has 2 aromatic rings. The van der Waals surface area contributed by atoms with Crippen LogP contribution in [0.5, 0.6) is 0 Å². The minimum absolute atomic E-state index is 0.148. The van der Waals surface area contributed by atoms with Gasteiger partial charge in [0.25, 0.3) is 0 Å². The lowest BCUT2D eigenvalue weighted by atomic mass is 10.2. The number of nitrogens with zero attached hydrogens (tertiary/aromatic N) is 1. The lowest BCUT2D eigenvalue weighted by Crippen LogP contribution is -1.92. The molecule has 0 saturated carbocycles. The molecule has 2 rings (SSSR count). The fraction of sp³-hybridized carbons (Fsp3) is 0.167. The molecule has 4 heteroatoms. The number of thiazole rings is 1. The Morgan fingerprint density at radius 2 is 2.19 bits per heavy atom. The Morgan fingerprint density at radius 1 is 1.44 bits per heavy atom. The highest BCUT2D eigenvalue weighted by Gasteiger charge is 2.08. The SMILES string of the molecule is CC(=O)Cc1cnc(-c2ccccc2Cl)s1. The van der Waals surface area contributed by atoms with Crippen molar-refractivity contribution in [2.45, 2.75) is 13.3 Å². The van der Waals surface area contributed by atoms with E-state index in [9.17, 15) is 4.79 Å². The van der Waals surface area contributed by atoms with E-state index in [1.54, 1.807) is 13.1 Å². The van der Waals surface area contributed by atoms with Crippen molar-refractivity contribution in [2.75, 3.05) is 0 Å². The molecule has 0 amide bonds. The van der Waals surface area contributed by atoms with Crippen molar-refractivity contribution in [1.29, 1.82) is 0 Å². The molecule has 0 spiro atoms. The summed E-state index contributed by atoms with van der Waals surface area (Å²) < 4.78 is 0. The fourth-order valence-corrected chi connectivity index (χ4v) is 2.70. The van der Waals surface area contributed by atoms with Crippen LogP contribution in [0.1, 0.15) is 11.8 Å². The van der Waals surface area contributed by atoms with Gasteiger partial charge < -0.3 is 0 Å². The van der Waals surface area contributed by atoms with Gasteiger partial charge in [-0.2, -0.15) is 0 Å². The predicted molar refractivity (Wildman–Crippen MR) is 66.9 cm³/mol. The molecule has 0 fully saturated rings. The Bertz CT molecular complexity index is 521. The number of carbonyl (C=O) groups is 1. The fourth-order valence-electron chi connectivity index (χ4n) is 1.39. The van der Waals surface area contributed by atoms with Gasteiger partial charge >= 0.3 is 0 Å². The summed E-state index contributed by atoms with van der Waals surface area (Å²) in [5.74, 6) is 0.148. The van der Waals surface area contributed by atoms with Crippen LogP contribution < -0.4 is 0 Å². The Morgan fingerprint density at radius 3 is 2.88 bits per heavy atom. The zero-order valence-corrected chi connectivity index (χ0v) is 10.3. The van der Waals surface area contributed by atoms with Gasteiger partial charge in [0.15, 0.2) is 0 Å². The minimum Gasteiger partial charge on any atom is -0.300 e. The summed E-state index contributed by atoms with van der Waals surface area (Å²) in [6.07, 6.45) is 2.19. The van der Waals surface area contributed by atoms with Crippen molar-refractivity contribution in [3.8, 4) is 10.6 Å². The number of carbonyl (C=O) groups excluding carboxylic acids is 1. The summed E-state index contributed by atoms with van der Waals surface area (Å²) >= 11 is 7.59. The van der Waals surface area contributed by atoms with E-state index in [1.165, 1.54) is 11.3 Å². The average molecular weight is 252 g/mol. The first-order valence-electron chi connectivity index (χ1n) is 4.86. The standard InChI is InChI=1S/C12H10ClNOS/c1-8(15)6-9-7-14-12(16-9)10-4-2-3-5-11(10)13/h2-5,7H,6H2,1H3. The molecule has 0 radical (unpaired) electrons. The molecule has 0 bridgehead atoms. The summed E-state index contributed by atoms with van der Waals surface area (Å²) in [4.78, 5) is 16.2. The van der Waals surface area contributed by atoms with Crippen LogP contribution in [0.25, 0.3) is 10.6 Å². The predicted octanol–water partition coefficient (Wildman–Crippen LogP) is 3.60. The van der Waals surface area contributed by atoms with Crippen LogP contribution in [0.2, 0.25) is 5.02 Å². The summed E-state index contributed by atoms with van der Waals surface area (Å²) in [5.41, 5.74) is 0.920. The lowest BCUT2D eigenvalue weighted by Gasteiger charge is -1.97. The van der Waals surface area contributed by atoms with Gasteiger partial charge in [0, 0.05) is 23.1 Å². The molecular weight excluding hydrogens is 242 g/mol. The third kappa shape index (κ3) is 2.49. The van der Waals surface area contributed by atoms with Gasteiger partial charge in [-0.25, -0.2) is 4.98 Å². The van der Waals surface area contributed by atoms with Gasteiger partial charge in [0.1, 0.15) is 10.8 Å². The van der Waals surface area contributed by atoms with Gasteiger partial charge in [-0.05, 0) is 13.0 Å². The smallest absolute Gasteiger partial charge is 0.135 e. The summed E-state index contributed by atoms with van der Waals surface area (Å²) in [6.45, 7) is 1.58. The van der Waals surface area contributed by atoms with E-state index in [0.29, 0.717) is 11.4 Å². The normalized spacial score (nSPS) is 10.4. The molecule has 0 N–H and O–H groups in total. The highest BCUT2D eigenvalue weighted by Crippen LogP contribution is 2.30. The van der Waals surface area contributed by atoms with E-state index < -0.39 is 0 Å². The lowest BCUT2D eigenvalue weighted by molar-refractivity contribution is -0.116. The Balaban J connectivity index is 2.32. The van der Waals surface area contributed by atoms with Crippen LogP contribution >= 0.6 is 22.9 Å². The van der Waals surface area contributed by atoms with Crippen LogP contribution in [0, 0.1) is 0 Å². The number of hydrogen-bond acceptors (Lipinski definition) is 3. The number of rotatable bonds is 3. The van der Waals surface area contributed by atoms with E-state index in [0.717, 1.165) is 15.4 Å². The second-order valence-electron chi connectivity index (χ2n) is 3.49. The summed E-state index contributed by atoms with van der Waals surface area (Å²) in [7, 11) is 0. The molecule has 0 aliphatic heterocycles. The van der Waals surface area contributed by atoms with Crippen LogP contribution in [0.15, 0.2) is 30.5 Å². The molecule has 0 aliphatic rings. The number of ketones is 1. The van der Waals surface area contributed by atoms with Gasteiger partial charge in [-0.1, -0.05) is 29.8 Å². The van der Waals surface area contributed by atoms with Crippen molar-refractivity contribution in [2.24, 2.45) is 0 Å². The molecule has 2 nitrogen and oxygen atoms in total. The average Bonchev–Trinajstić information content (AvgIpc) is 2.66. The third-order valence-corrected chi connectivity index (χ3v) is 3.44. The van der Waals surface area contributed by atoms with E-state index >= 15 is 0 Å². The quantitative estimate of drug-likeness (QED) is 0.834. The van der Waals surface area contributed by atoms with Gasteiger partial charge in [0.2, 0.25) is 0 Å². The molecule has 16 heavy (non-hydrogen) atoms. The number of Topliss-reactive ketones (excluding diaryl/α,β-unsaturated/α-hetero) is 1. The van der Waals surface area contributed by atoms with E-state index in [4.69, 9.17) is 11.6 Å². The molecule has 1 aromatic carbocycles. The largest absolute Gasteiger partial charge is 0.300 e. The number of hydrogen-bond donors (Lipinski definition) is 0. The maximum atomic E-state index is 11.0. The van der Waals surface area contributed by atoms with Crippen LogP contribution in [0.3, 0.4) is 0 Å². The van der Waals surface area contributed by atoms with Crippen LogP contribution in [0.4, 0.5) is 0 Å². The third-order valence-electron chi connectivity index (χ3n) is 2.08. The van der Waals surface area contributed by atoms with Gasteiger partial charge in [0.05, 0.1) is 5.02 Å². The molecule has 0 saturated heterocycles. The zero-order chi connectivity index (χ0) is 11.5. The maximum Gasteiger partial charge on any atom is 0.135 e. The van der Waals surface area contributed by atoms with Crippen molar-refractivity contribution >= 4 is 28.7 Å². The summed E-state index contributed by atoms with van der Waals surface area (Å²) in [6, 6.07) is 7.57. The first-order chi connectivity index (χ1) is 7.66. The molecule has 82 valence electrons. The Kier molecular flexibility index (Phi) is 3.36. The molecular formula is C12H10ClNOS. The second kappa shape index (κ2) is 4.76. The maximum absolute atomic E-state index is 11.0. The van der Waals surface area contributed by atoms with Gasteiger partial charge in [-0.3, -0.25) is 4.79 Å². The van der Waals surface area contributed by atoms with Crippen LogP contribution in [-0.2, 0) is 11.2 Å². The first-order valence-corrected chi connectivity index (χ1v) is 6.05. The van der Waals surface area contributed by atoms with Crippen molar-refractivity contribution in [3.63, 3.8) is 0 Å². The van der Waals surface area contributed by atoms with E-state index in [-0.39, 0.29) is 5.78 Å². The van der Waals surface area contributed by atoms with Crippen molar-refractivity contribution < 1.29 is 4.79 Å². The van der Waals surface area contributed by atoms with Crippen LogP contribution in [-0.4, -0.2) is 10.8 Å². The Labute approximate surface area is 103 Å². The Hall–Kier alpha value is -1.19.